The van der Waals surface area contributed by atoms with Gasteiger partial charge in [0, 0.05) is 24.4 Å². The van der Waals surface area contributed by atoms with E-state index in [4.69, 9.17) is 4.74 Å². The van der Waals surface area contributed by atoms with Crippen LogP contribution in [0.1, 0.15) is 30.6 Å². The van der Waals surface area contributed by atoms with Gasteiger partial charge in [-0.2, -0.15) is 0 Å². The lowest BCUT2D eigenvalue weighted by molar-refractivity contribution is -0.147. The maximum atomic E-state index is 12.1. The third-order valence-electron chi connectivity index (χ3n) is 2.34. The zero-order valence-corrected chi connectivity index (χ0v) is 10.4. The molecule has 0 bridgehead atoms. The fraction of sp³-hybridized carbons (Fsp3) is 0.385. The number of rotatable bonds is 6. The number of carbonyl (C=O) groups excluding carboxylic acids is 3. The van der Waals surface area contributed by atoms with Crippen LogP contribution in [0.4, 0.5) is 0 Å². The minimum Gasteiger partial charge on any atom is -0.465 e. The van der Waals surface area contributed by atoms with Crippen molar-refractivity contribution in [1.82, 2.24) is 4.98 Å². The molecule has 0 amide bonds. The Bertz CT molecular complexity index is 442. The van der Waals surface area contributed by atoms with Gasteiger partial charge in [0.25, 0.3) is 0 Å². The van der Waals surface area contributed by atoms with Crippen molar-refractivity contribution in [2.45, 2.75) is 20.3 Å². The van der Waals surface area contributed by atoms with E-state index in [1.165, 1.54) is 31.5 Å². The van der Waals surface area contributed by atoms with Crippen LogP contribution < -0.4 is 0 Å². The van der Waals surface area contributed by atoms with Crippen LogP contribution in [0, 0.1) is 5.92 Å². The fourth-order valence-electron chi connectivity index (χ4n) is 1.53. The van der Waals surface area contributed by atoms with Crippen LogP contribution in [0.3, 0.4) is 0 Å². The van der Waals surface area contributed by atoms with E-state index in [-0.39, 0.29) is 18.8 Å². The molecule has 1 aromatic rings. The lowest BCUT2D eigenvalue weighted by Crippen LogP contribution is -2.28. The van der Waals surface area contributed by atoms with Crippen molar-refractivity contribution in [3.05, 3.63) is 30.1 Å². The van der Waals surface area contributed by atoms with Gasteiger partial charge < -0.3 is 4.74 Å². The van der Waals surface area contributed by atoms with E-state index in [1.54, 1.807) is 6.92 Å². The summed E-state index contributed by atoms with van der Waals surface area (Å²) in [5.74, 6) is -2.36. The first kappa shape index (κ1) is 14.0. The van der Waals surface area contributed by atoms with Crippen molar-refractivity contribution in [2.75, 3.05) is 6.61 Å². The molecule has 0 saturated heterocycles. The third-order valence-corrected chi connectivity index (χ3v) is 2.34. The van der Waals surface area contributed by atoms with E-state index in [0.717, 1.165) is 0 Å². The molecule has 0 aliphatic heterocycles. The normalized spacial score (nSPS) is 11.7. The highest BCUT2D eigenvalue weighted by Gasteiger charge is 2.30. The summed E-state index contributed by atoms with van der Waals surface area (Å²) in [6.45, 7) is 3.17. The predicted molar refractivity (Wildman–Crippen MR) is 64.0 cm³/mol. The van der Waals surface area contributed by atoms with E-state index in [1.807, 2.05) is 0 Å². The summed E-state index contributed by atoms with van der Waals surface area (Å²) in [6, 6.07) is 3.02. The first-order chi connectivity index (χ1) is 8.56. The van der Waals surface area contributed by atoms with Crippen molar-refractivity contribution in [1.29, 1.82) is 0 Å². The molecule has 1 aromatic heterocycles. The summed E-state index contributed by atoms with van der Waals surface area (Å²) in [6.07, 6.45) is 2.78. The Kier molecular flexibility index (Phi) is 5.17. The molecule has 0 aliphatic carbocycles. The van der Waals surface area contributed by atoms with Gasteiger partial charge >= 0.3 is 5.97 Å². The minimum absolute atomic E-state index is 0.139. The van der Waals surface area contributed by atoms with Gasteiger partial charge in [0.1, 0.15) is 11.7 Å². The average Bonchev–Trinajstić information content (AvgIpc) is 2.36. The molecule has 1 rings (SSSR count). The van der Waals surface area contributed by atoms with Crippen LogP contribution in [-0.2, 0) is 14.3 Å². The van der Waals surface area contributed by atoms with Crippen molar-refractivity contribution >= 4 is 17.5 Å². The number of ether oxygens (including phenoxy) is 1. The van der Waals surface area contributed by atoms with Gasteiger partial charge in [-0.3, -0.25) is 19.4 Å². The van der Waals surface area contributed by atoms with E-state index in [2.05, 4.69) is 4.98 Å². The number of hydrogen-bond donors (Lipinski definition) is 0. The summed E-state index contributed by atoms with van der Waals surface area (Å²) in [4.78, 5) is 38.7. The first-order valence-corrected chi connectivity index (χ1v) is 5.66. The SMILES string of the molecule is CCOC(=O)C(CC(C)=O)C(=O)c1ccncc1. The van der Waals surface area contributed by atoms with E-state index < -0.39 is 17.7 Å². The largest absolute Gasteiger partial charge is 0.465 e. The molecule has 0 radical (unpaired) electrons. The molecular weight excluding hydrogens is 234 g/mol. The fourth-order valence-corrected chi connectivity index (χ4v) is 1.53. The Morgan fingerprint density at radius 3 is 2.39 bits per heavy atom. The Hall–Kier alpha value is -2.04. The minimum atomic E-state index is -1.06. The molecule has 0 aromatic carbocycles. The first-order valence-electron chi connectivity index (χ1n) is 5.66. The molecule has 1 unspecified atom stereocenters. The Labute approximate surface area is 105 Å². The van der Waals surface area contributed by atoms with Crippen LogP contribution in [-0.4, -0.2) is 29.1 Å². The molecule has 5 heteroatoms. The lowest BCUT2D eigenvalue weighted by Gasteiger charge is -2.12. The van der Waals surface area contributed by atoms with Crippen LogP contribution >= 0.6 is 0 Å². The topological polar surface area (TPSA) is 73.3 Å². The quantitative estimate of drug-likeness (QED) is 0.433. The Morgan fingerprint density at radius 1 is 1.28 bits per heavy atom. The van der Waals surface area contributed by atoms with Crippen LogP contribution in [0.15, 0.2) is 24.5 Å². The third kappa shape index (κ3) is 3.76. The molecule has 18 heavy (non-hydrogen) atoms. The molecule has 0 spiro atoms. The standard InChI is InChI=1S/C13H15NO4/c1-3-18-13(17)11(8-9(2)15)12(16)10-4-6-14-7-5-10/h4-7,11H,3,8H2,1-2H3. The van der Waals surface area contributed by atoms with E-state index >= 15 is 0 Å². The molecular formula is C13H15NO4. The van der Waals surface area contributed by atoms with Gasteiger partial charge in [-0.25, -0.2) is 0 Å². The number of aromatic nitrogens is 1. The van der Waals surface area contributed by atoms with Gasteiger partial charge in [-0.1, -0.05) is 0 Å². The number of ketones is 2. The highest BCUT2D eigenvalue weighted by molar-refractivity contribution is 6.10. The monoisotopic (exact) mass is 249 g/mol. The molecule has 0 N–H and O–H groups in total. The number of Topliss-reactive ketones (excluding diaryl/α,β-unsaturated/α-hetero) is 2. The maximum Gasteiger partial charge on any atom is 0.317 e. The summed E-state index contributed by atoms with van der Waals surface area (Å²) in [5.41, 5.74) is 0.351. The Balaban J connectivity index is 2.92. The molecule has 0 saturated carbocycles. The van der Waals surface area contributed by atoms with Gasteiger partial charge in [0.05, 0.1) is 6.61 Å². The van der Waals surface area contributed by atoms with Crippen LogP contribution in [0.25, 0.3) is 0 Å². The zero-order chi connectivity index (χ0) is 13.5. The number of nitrogens with zero attached hydrogens (tertiary/aromatic N) is 1. The summed E-state index contributed by atoms with van der Waals surface area (Å²) < 4.78 is 4.82. The molecule has 0 fully saturated rings. The van der Waals surface area contributed by atoms with Gasteiger partial charge in [-0.15, -0.1) is 0 Å². The summed E-state index contributed by atoms with van der Waals surface area (Å²) in [7, 11) is 0. The van der Waals surface area contributed by atoms with Crippen LogP contribution in [0.2, 0.25) is 0 Å². The second-order valence-electron chi connectivity index (χ2n) is 3.81. The zero-order valence-electron chi connectivity index (χ0n) is 10.4. The molecule has 1 heterocycles. The van der Waals surface area contributed by atoms with Gasteiger partial charge in [0.2, 0.25) is 0 Å². The second kappa shape index (κ2) is 6.64. The average molecular weight is 249 g/mol. The predicted octanol–water partition coefficient (Wildman–Crippen LogP) is 1.42. The summed E-state index contributed by atoms with van der Waals surface area (Å²) in [5, 5.41) is 0. The van der Waals surface area contributed by atoms with Gasteiger partial charge in [-0.05, 0) is 26.0 Å². The molecule has 96 valence electrons. The van der Waals surface area contributed by atoms with Crippen molar-refractivity contribution in [3.63, 3.8) is 0 Å². The number of pyridine rings is 1. The van der Waals surface area contributed by atoms with Crippen molar-refractivity contribution in [2.24, 2.45) is 5.92 Å². The number of hydrogen-bond acceptors (Lipinski definition) is 5. The lowest BCUT2D eigenvalue weighted by atomic mass is 9.93. The number of esters is 1. The molecule has 0 aliphatic rings. The van der Waals surface area contributed by atoms with Crippen molar-refractivity contribution < 1.29 is 19.1 Å². The smallest absolute Gasteiger partial charge is 0.317 e. The van der Waals surface area contributed by atoms with E-state index in [9.17, 15) is 14.4 Å². The highest BCUT2D eigenvalue weighted by atomic mass is 16.5. The molecule has 5 nitrogen and oxygen atoms in total. The van der Waals surface area contributed by atoms with Crippen molar-refractivity contribution in [3.8, 4) is 0 Å². The maximum absolute atomic E-state index is 12.1. The van der Waals surface area contributed by atoms with Crippen LogP contribution in [0.5, 0.6) is 0 Å². The van der Waals surface area contributed by atoms with Gasteiger partial charge in [0.15, 0.2) is 5.78 Å². The highest BCUT2D eigenvalue weighted by Crippen LogP contribution is 2.14. The molecule has 1 atom stereocenters. The Morgan fingerprint density at radius 2 is 1.89 bits per heavy atom. The second-order valence-corrected chi connectivity index (χ2v) is 3.81. The summed E-state index contributed by atoms with van der Waals surface area (Å²) >= 11 is 0. The number of carbonyl (C=O) groups is 3. The van der Waals surface area contributed by atoms with E-state index in [0.29, 0.717) is 5.56 Å².